The second-order valence-corrected chi connectivity index (χ2v) is 9.02. The summed E-state index contributed by atoms with van der Waals surface area (Å²) in [6.07, 6.45) is 2.80. The van der Waals surface area contributed by atoms with Gasteiger partial charge in [0.05, 0.1) is 45.1 Å². The molecule has 1 atom stereocenters. The number of imidazole rings is 1. The molecule has 3 heterocycles. The van der Waals surface area contributed by atoms with Crippen LogP contribution in [0.3, 0.4) is 0 Å². The Bertz CT molecular complexity index is 1230. The fourth-order valence-electron chi connectivity index (χ4n) is 4.80. The number of rotatable bonds is 6. The summed E-state index contributed by atoms with van der Waals surface area (Å²) in [6, 6.07) is 15.2. The molecule has 0 bridgehead atoms. The number of methoxy groups -OCH3 is 2. The molecule has 2 aliphatic rings. The van der Waals surface area contributed by atoms with Gasteiger partial charge in [0, 0.05) is 19.0 Å². The summed E-state index contributed by atoms with van der Waals surface area (Å²) in [5.41, 5.74) is 2.93. The first-order valence-corrected chi connectivity index (χ1v) is 12.1. The number of nitrogens with zero attached hydrogens (tertiary/aromatic N) is 3. The van der Waals surface area contributed by atoms with Crippen LogP contribution in [0, 0.1) is 5.92 Å². The number of anilines is 1. The molecule has 1 fully saturated rings. The number of likely N-dealkylation sites (tertiary alicyclic amines) is 1. The summed E-state index contributed by atoms with van der Waals surface area (Å²) in [5, 5.41) is 2.96. The number of carbonyl (C=O) groups excluding carboxylic acids is 2. The van der Waals surface area contributed by atoms with Crippen molar-refractivity contribution in [3.05, 3.63) is 71.8 Å². The molecule has 0 spiro atoms. The van der Waals surface area contributed by atoms with Crippen molar-refractivity contribution in [2.75, 3.05) is 32.6 Å². The van der Waals surface area contributed by atoms with Crippen LogP contribution in [0.4, 0.5) is 5.69 Å². The average Bonchev–Trinajstić information content (AvgIpc) is 3.36. The van der Waals surface area contributed by atoms with E-state index in [1.807, 2.05) is 53.1 Å². The first kappa shape index (κ1) is 23.9. The number of fused-ring (bicyclic) bond motifs is 1. The highest BCUT2D eigenvalue weighted by atomic mass is 16.5. The van der Waals surface area contributed by atoms with Crippen LogP contribution in [-0.2, 0) is 22.7 Å². The summed E-state index contributed by atoms with van der Waals surface area (Å²) < 4.78 is 18.6. The minimum absolute atomic E-state index is 0.0519. The lowest BCUT2D eigenvalue weighted by atomic mass is 9.95. The Morgan fingerprint density at radius 1 is 1.03 bits per heavy atom. The number of hydrogen-bond acceptors (Lipinski definition) is 6. The number of nitrogens with one attached hydrogen (secondary N) is 1. The van der Waals surface area contributed by atoms with Crippen LogP contribution in [0.2, 0.25) is 0 Å². The monoisotopic (exact) mass is 490 g/mol. The first-order chi connectivity index (χ1) is 17.6. The second-order valence-electron chi connectivity index (χ2n) is 9.02. The third kappa shape index (κ3) is 4.79. The van der Waals surface area contributed by atoms with Gasteiger partial charge in [0.2, 0.25) is 5.91 Å². The van der Waals surface area contributed by atoms with Crippen molar-refractivity contribution in [1.82, 2.24) is 14.5 Å². The third-order valence-corrected chi connectivity index (χ3v) is 6.94. The van der Waals surface area contributed by atoms with Gasteiger partial charge >= 0.3 is 0 Å². The Hall–Kier alpha value is -3.85. The quantitative estimate of drug-likeness (QED) is 0.567. The number of amides is 2. The van der Waals surface area contributed by atoms with Gasteiger partial charge in [-0.3, -0.25) is 9.59 Å². The number of aromatic nitrogens is 2. The Morgan fingerprint density at radius 2 is 1.78 bits per heavy atom. The summed E-state index contributed by atoms with van der Waals surface area (Å²) in [4.78, 5) is 32.3. The van der Waals surface area contributed by atoms with Crippen LogP contribution >= 0.6 is 0 Å². The molecule has 3 aromatic rings. The number of hydrogen-bond donors (Lipinski definition) is 1. The zero-order valence-corrected chi connectivity index (χ0v) is 20.5. The van der Waals surface area contributed by atoms with Crippen molar-refractivity contribution >= 4 is 17.5 Å². The molecule has 1 aromatic heterocycles. The predicted octanol–water partition coefficient (Wildman–Crippen LogP) is 3.66. The lowest BCUT2D eigenvalue weighted by Crippen LogP contribution is -2.42. The van der Waals surface area contributed by atoms with E-state index >= 15 is 0 Å². The van der Waals surface area contributed by atoms with E-state index in [1.165, 1.54) is 0 Å². The highest BCUT2D eigenvalue weighted by Crippen LogP contribution is 2.30. The van der Waals surface area contributed by atoms with Crippen molar-refractivity contribution in [1.29, 1.82) is 0 Å². The number of piperidine rings is 1. The van der Waals surface area contributed by atoms with E-state index in [4.69, 9.17) is 14.2 Å². The lowest BCUT2D eigenvalue weighted by Gasteiger charge is -2.31. The highest BCUT2D eigenvalue weighted by molar-refractivity contribution is 5.95. The molecular weight excluding hydrogens is 460 g/mol. The van der Waals surface area contributed by atoms with Gasteiger partial charge < -0.3 is 29.0 Å². The largest absolute Gasteiger partial charge is 0.497 e. The molecule has 9 heteroatoms. The normalized spacial score (nSPS) is 17.8. The molecule has 2 aromatic carbocycles. The van der Waals surface area contributed by atoms with Crippen molar-refractivity contribution in [2.45, 2.75) is 32.1 Å². The number of para-hydroxylation sites is 2. The highest BCUT2D eigenvalue weighted by Gasteiger charge is 2.32. The maximum Gasteiger partial charge on any atom is 0.274 e. The van der Waals surface area contributed by atoms with Crippen LogP contribution in [0.1, 0.15) is 40.7 Å². The molecule has 0 aliphatic carbocycles. The molecular formula is C27H30N4O5. The third-order valence-electron chi connectivity index (χ3n) is 6.94. The van der Waals surface area contributed by atoms with Crippen molar-refractivity contribution in [2.24, 2.45) is 5.92 Å². The topological polar surface area (TPSA) is 94.9 Å². The van der Waals surface area contributed by atoms with Crippen LogP contribution in [0.5, 0.6) is 11.5 Å². The van der Waals surface area contributed by atoms with Gasteiger partial charge in [0.1, 0.15) is 17.6 Å². The summed E-state index contributed by atoms with van der Waals surface area (Å²) >= 11 is 0. The van der Waals surface area contributed by atoms with E-state index in [0.29, 0.717) is 56.2 Å². The molecule has 2 aliphatic heterocycles. The van der Waals surface area contributed by atoms with E-state index in [9.17, 15) is 9.59 Å². The fraction of sp³-hybridized carbons (Fsp3) is 0.370. The van der Waals surface area contributed by atoms with Crippen molar-refractivity contribution in [3.8, 4) is 11.5 Å². The Morgan fingerprint density at radius 3 is 2.50 bits per heavy atom. The van der Waals surface area contributed by atoms with Gasteiger partial charge in [-0.1, -0.05) is 24.3 Å². The lowest BCUT2D eigenvalue weighted by molar-refractivity contribution is -0.121. The zero-order valence-electron chi connectivity index (χ0n) is 20.5. The Balaban J connectivity index is 1.18. The minimum Gasteiger partial charge on any atom is -0.497 e. The fourth-order valence-corrected chi connectivity index (χ4v) is 4.80. The Kier molecular flexibility index (Phi) is 6.90. The predicted molar refractivity (Wildman–Crippen MR) is 133 cm³/mol. The molecule has 36 heavy (non-hydrogen) atoms. The zero-order chi connectivity index (χ0) is 25.1. The van der Waals surface area contributed by atoms with E-state index in [2.05, 4.69) is 10.3 Å². The van der Waals surface area contributed by atoms with Gasteiger partial charge in [-0.25, -0.2) is 4.98 Å². The molecule has 0 unspecified atom stereocenters. The second kappa shape index (κ2) is 10.4. The number of carbonyl (C=O) groups is 2. The molecule has 9 nitrogen and oxygen atoms in total. The number of ether oxygens (including phenoxy) is 3. The van der Waals surface area contributed by atoms with E-state index in [-0.39, 0.29) is 23.8 Å². The molecule has 1 saturated heterocycles. The maximum atomic E-state index is 13.3. The van der Waals surface area contributed by atoms with E-state index < -0.39 is 0 Å². The maximum absolute atomic E-state index is 13.3. The molecule has 5 rings (SSSR count). The average molecular weight is 491 g/mol. The molecule has 2 amide bonds. The van der Waals surface area contributed by atoms with Crippen LogP contribution in [-0.4, -0.2) is 53.6 Å². The SMILES string of the molecule is COc1ccc([C@H]2Cn3cnc(C(=O)N4CCC(C(=O)Nc5ccccc5OC)CC4)c3CO2)cc1. The Labute approximate surface area is 210 Å². The summed E-state index contributed by atoms with van der Waals surface area (Å²) in [6.45, 7) is 1.91. The summed E-state index contributed by atoms with van der Waals surface area (Å²) in [7, 11) is 3.22. The van der Waals surface area contributed by atoms with E-state index in [1.54, 1.807) is 25.4 Å². The van der Waals surface area contributed by atoms with E-state index in [0.717, 1.165) is 17.0 Å². The van der Waals surface area contributed by atoms with Gasteiger partial charge in [0.15, 0.2) is 5.69 Å². The van der Waals surface area contributed by atoms with Crippen LogP contribution < -0.4 is 14.8 Å². The van der Waals surface area contributed by atoms with Gasteiger partial charge in [-0.2, -0.15) is 0 Å². The van der Waals surface area contributed by atoms with Gasteiger partial charge in [0.25, 0.3) is 5.91 Å². The van der Waals surface area contributed by atoms with Crippen LogP contribution in [0.15, 0.2) is 54.9 Å². The number of benzene rings is 2. The van der Waals surface area contributed by atoms with Crippen molar-refractivity contribution < 1.29 is 23.8 Å². The molecule has 188 valence electrons. The van der Waals surface area contributed by atoms with Crippen molar-refractivity contribution in [3.63, 3.8) is 0 Å². The molecule has 0 radical (unpaired) electrons. The first-order valence-electron chi connectivity index (χ1n) is 12.1. The standard InChI is InChI=1S/C27H30N4O5/c1-34-20-9-7-18(8-10-20)24-15-31-17-28-25(22(31)16-36-24)27(33)30-13-11-19(12-14-30)26(32)29-21-5-3-4-6-23(21)35-2/h3-10,17,19,24H,11-16H2,1-2H3,(H,29,32)/t24-/m1/s1. The van der Waals surface area contributed by atoms with Gasteiger partial charge in [-0.05, 0) is 42.7 Å². The van der Waals surface area contributed by atoms with Gasteiger partial charge in [-0.15, -0.1) is 0 Å². The molecule has 1 N–H and O–H groups in total. The summed E-state index contributed by atoms with van der Waals surface area (Å²) in [5.74, 6) is 1.09. The smallest absolute Gasteiger partial charge is 0.274 e. The molecule has 0 saturated carbocycles. The van der Waals surface area contributed by atoms with Crippen LogP contribution in [0.25, 0.3) is 0 Å². The minimum atomic E-state index is -0.163.